The van der Waals surface area contributed by atoms with Crippen LogP contribution in [0, 0.1) is 11.6 Å². The number of benzene rings is 4. The third-order valence-corrected chi connectivity index (χ3v) is 10.3. The molecule has 0 bridgehead atoms. The molecule has 1 unspecified atom stereocenters. The first-order chi connectivity index (χ1) is 20.8. The first-order valence-electron chi connectivity index (χ1n) is 13.4. The normalized spacial score (nSPS) is 13.3. The zero-order chi connectivity index (χ0) is 31.9. The molecule has 0 fully saturated rings. The first-order valence-corrected chi connectivity index (χ1v) is 18.2. The Balaban J connectivity index is 1.54. The van der Waals surface area contributed by atoms with Crippen molar-refractivity contribution >= 4 is 51.5 Å². The van der Waals surface area contributed by atoms with Crippen LogP contribution in [0.25, 0.3) is 0 Å². The van der Waals surface area contributed by atoms with Gasteiger partial charge in [0.25, 0.3) is 0 Å². The van der Waals surface area contributed by atoms with Crippen molar-refractivity contribution in [2.75, 3.05) is 12.9 Å². The highest BCUT2D eigenvalue weighted by Crippen LogP contribution is 2.39. The second-order valence-corrected chi connectivity index (χ2v) is 15.7. The Hall–Kier alpha value is -3.57. The topological polar surface area (TPSA) is 110 Å². The Kier molecular flexibility index (Phi) is 11.0. The maximum atomic E-state index is 13.2. The van der Waals surface area contributed by atoms with E-state index in [2.05, 4.69) is 16.9 Å². The Morgan fingerprint density at radius 2 is 1.61 bits per heavy atom. The molecule has 0 radical (unpaired) electrons. The number of aromatic hydroxyl groups is 1. The smallest absolute Gasteiger partial charge is 0.323 e. The second-order valence-electron chi connectivity index (χ2n) is 10.2. The average molecular weight is 671 g/mol. The van der Waals surface area contributed by atoms with Gasteiger partial charge in [0.2, 0.25) is 0 Å². The quantitative estimate of drug-likeness (QED) is 0.118. The van der Waals surface area contributed by atoms with E-state index in [9.17, 15) is 22.9 Å². The summed E-state index contributed by atoms with van der Waals surface area (Å²) in [5.74, 6) is 2.34. The van der Waals surface area contributed by atoms with Gasteiger partial charge in [-0.15, -0.1) is 0 Å². The van der Waals surface area contributed by atoms with Crippen LogP contribution in [0.4, 0.5) is 0 Å². The highest BCUT2D eigenvalue weighted by molar-refractivity contribution is 7.90. The molecule has 4 rings (SSSR count). The van der Waals surface area contributed by atoms with Crippen LogP contribution >= 0.6 is 30.3 Å². The van der Waals surface area contributed by atoms with E-state index < -0.39 is 29.0 Å². The van der Waals surface area contributed by atoms with Crippen LogP contribution in [0.5, 0.6) is 5.75 Å². The summed E-state index contributed by atoms with van der Waals surface area (Å²) in [5.41, 5.74) is 5.19. The minimum absolute atomic E-state index is 0.000306. The summed E-state index contributed by atoms with van der Waals surface area (Å²) in [7, 11) is -6.54. The third kappa shape index (κ3) is 9.22. The fourth-order valence-corrected chi connectivity index (χ4v) is 6.80. The SMILES string of the molecule is CP(=O)(C#Cc1cc(Cl)c(CN[C@@H](Cc2cccc(S(C)(=O)=O)c2)C(=O)OCc2ccccc2)c(Cl)c1)c1cccc(O)c1. The van der Waals surface area contributed by atoms with Crippen molar-refractivity contribution in [3.05, 3.63) is 123 Å². The molecule has 2 atom stereocenters. The molecule has 11 heteroatoms. The van der Waals surface area contributed by atoms with E-state index in [1.165, 1.54) is 30.9 Å². The van der Waals surface area contributed by atoms with E-state index in [0.717, 1.165) is 11.8 Å². The molecule has 44 heavy (non-hydrogen) atoms. The number of phenolic OH excluding ortho intramolecular Hbond substituents is 1. The number of hydrogen-bond acceptors (Lipinski definition) is 7. The fourth-order valence-electron chi connectivity index (χ4n) is 4.27. The standard InChI is InChI=1S/C33H30Cl2NO6PS/c1-43(39,27-12-7-11-26(37)20-27)15-14-25-17-30(34)29(31(35)18-25)21-36-32(33(38)42-22-23-8-4-3-5-9-23)19-24-10-6-13-28(16-24)44(2,40)41/h3-13,16-18,20,32,36-37H,19,21-22H2,1-2H3/t32-,43?/m0/s1. The van der Waals surface area contributed by atoms with E-state index in [0.29, 0.717) is 22.0 Å². The molecule has 7 nitrogen and oxygen atoms in total. The summed E-state index contributed by atoms with van der Waals surface area (Å²) in [6.07, 6.45) is 1.27. The lowest BCUT2D eigenvalue weighted by atomic mass is 10.1. The monoisotopic (exact) mass is 669 g/mol. The van der Waals surface area contributed by atoms with Gasteiger partial charge in [0, 0.05) is 45.9 Å². The highest BCUT2D eigenvalue weighted by Gasteiger charge is 2.23. The van der Waals surface area contributed by atoms with E-state index >= 15 is 0 Å². The predicted octanol–water partition coefficient (Wildman–Crippen LogP) is 6.17. The van der Waals surface area contributed by atoms with Crippen LogP contribution in [-0.2, 0) is 43.5 Å². The Labute approximate surface area is 267 Å². The number of phenols is 1. The Bertz CT molecular complexity index is 1860. The number of halogens is 2. The number of sulfone groups is 1. The van der Waals surface area contributed by atoms with Crippen LogP contribution in [0.3, 0.4) is 0 Å². The van der Waals surface area contributed by atoms with Crippen molar-refractivity contribution in [1.29, 1.82) is 0 Å². The van der Waals surface area contributed by atoms with Crippen molar-refractivity contribution in [2.45, 2.75) is 30.5 Å². The van der Waals surface area contributed by atoms with Crippen LogP contribution in [0.2, 0.25) is 10.0 Å². The lowest BCUT2D eigenvalue weighted by molar-refractivity contribution is -0.147. The summed E-state index contributed by atoms with van der Waals surface area (Å²) in [4.78, 5) is 13.4. The van der Waals surface area contributed by atoms with Gasteiger partial charge < -0.3 is 14.4 Å². The fraction of sp³-hybridized carbons (Fsp3) is 0.182. The Morgan fingerprint density at radius 3 is 2.27 bits per heavy atom. The van der Waals surface area contributed by atoms with Gasteiger partial charge in [-0.05, 0) is 59.6 Å². The lowest BCUT2D eigenvalue weighted by Crippen LogP contribution is -2.39. The largest absolute Gasteiger partial charge is 0.508 e. The van der Waals surface area contributed by atoms with Gasteiger partial charge in [-0.25, -0.2) is 8.42 Å². The van der Waals surface area contributed by atoms with Crippen molar-refractivity contribution in [3.8, 4) is 17.3 Å². The summed E-state index contributed by atoms with van der Waals surface area (Å²) in [6.45, 7) is 1.68. The van der Waals surface area contributed by atoms with Gasteiger partial charge >= 0.3 is 5.97 Å². The minimum Gasteiger partial charge on any atom is -0.508 e. The predicted molar refractivity (Wildman–Crippen MR) is 175 cm³/mol. The second kappa shape index (κ2) is 14.5. The summed E-state index contributed by atoms with van der Waals surface area (Å²) < 4.78 is 42.9. The Morgan fingerprint density at radius 1 is 0.955 bits per heavy atom. The molecule has 0 aliphatic heterocycles. The summed E-state index contributed by atoms with van der Waals surface area (Å²) in [6, 6.07) is 24.1. The van der Waals surface area contributed by atoms with E-state index in [1.807, 2.05) is 30.3 Å². The number of carbonyl (C=O) groups is 1. The molecule has 0 saturated heterocycles. The molecule has 0 amide bonds. The molecule has 4 aromatic carbocycles. The highest BCUT2D eigenvalue weighted by atomic mass is 35.5. The van der Waals surface area contributed by atoms with Crippen molar-refractivity contribution < 1.29 is 27.6 Å². The van der Waals surface area contributed by atoms with E-state index in [-0.39, 0.29) is 40.3 Å². The van der Waals surface area contributed by atoms with Gasteiger partial charge in [0.15, 0.2) is 17.0 Å². The molecular formula is C33H30Cl2NO6PS. The van der Waals surface area contributed by atoms with E-state index in [4.69, 9.17) is 27.9 Å². The van der Waals surface area contributed by atoms with Gasteiger partial charge in [-0.1, -0.05) is 83.7 Å². The molecule has 0 aliphatic carbocycles. The molecule has 0 heterocycles. The zero-order valence-electron chi connectivity index (χ0n) is 24.0. The molecule has 0 saturated carbocycles. The zero-order valence-corrected chi connectivity index (χ0v) is 27.2. The average Bonchev–Trinajstić information content (AvgIpc) is 2.98. The molecule has 0 aliphatic rings. The number of hydrogen-bond donors (Lipinski definition) is 2. The first kappa shape index (κ1) is 33.3. The molecule has 4 aromatic rings. The lowest BCUT2D eigenvalue weighted by Gasteiger charge is -2.19. The molecule has 2 N–H and O–H groups in total. The van der Waals surface area contributed by atoms with Crippen molar-refractivity contribution in [2.24, 2.45) is 0 Å². The third-order valence-electron chi connectivity index (χ3n) is 6.68. The van der Waals surface area contributed by atoms with Gasteiger partial charge in [-0.3, -0.25) is 10.1 Å². The number of ether oxygens (including phenoxy) is 1. The van der Waals surface area contributed by atoms with Crippen LogP contribution < -0.4 is 10.6 Å². The maximum absolute atomic E-state index is 13.2. The van der Waals surface area contributed by atoms with Crippen LogP contribution in [0.1, 0.15) is 22.3 Å². The molecule has 0 aromatic heterocycles. The number of carbonyl (C=O) groups excluding carboxylic acids is 1. The number of rotatable bonds is 10. The maximum Gasteiger partial charge on any atom is 0.323 e. The molecule has 228 valence electrons. The number of esters is 1. The minimum atomic E-state index is -3.44. The van der Waals surface area contributed by atoms with E-state index in [1.54, 1.807) is 36.4 Å². The van der Waals surface area contributed by atoms with Crippen molar-refractivity contribution in [3.63, 3.8) is 0 Å². The molecular weight excluding hydrogens is 640 g/mol. The van der Waals surface area contributed by atoms with Crippen molar-refractivity contribution in [1.82, 2.24) is 5.32 Å². The number of nitrogens with one attached hydrogen (secondary N) is 1. The van der Waals surface area contributed by atoms with Crippen LogP contribution in [0.15, 0.2) is 95.9 Å². The van der Waals surface area contributed by atoms with Gasteiger partial charge in [0.1, 0.15) is 18.4 Å². The summed E-state index contributed by atoms with van der Waals surface area (Å²) >= 11 is 13.2. The molecule has 0 spiro atoms. The van der Waals surface area contributed by atoms with Gasteiger partial charge in [-0.2, -0.15) is 0 Å². The van der Waals surface area contributed by atoms with Crippen LogP contribution in [-0.4, -0.2) is 38.5 Å². The summed E-state index contributed by atoms with van der Waals surface area (Å²) in [5, 5.41) is 13.9. The van der Waals surface area contributed by atoms with Gasteiger partial charge in [0.05, 0.1) is 4.90 Å².